The van der Waals surface area contributed by atoms with Gasteiger partial charge in [-0.05, 0) is 44.2 Å². The Balaban J connectivity index is 1.61. The van der Waals surface area contributed by atoms with Crippen LogP contribution in [0.15, 0.2) is 30.5 Å². The van der Waals surface area contributed by atoms with Gasteiger partial charge in [-0.3, -0.25) is 4.68 Å². The van der Waals surface area contributed by atoms with Gasteiger partial charge in [0.15, 0.2) is 0 Å². The summed E-state index contributed by atoms with van der Waals surface area (Å²) in [7, 11) is 0. The summed E-state index contributed by atoms with van der Waals surface area (Å²) in [6.07, 6.45) is 7.34. The molecule has 1 aromatic carbocycles. The van der Waals surface area contributed by atoms with E-state index in [1.807, 2.05) is 6.92 Å². The monoisotopic (exact) mass is 338 g/mol. The van der Waals surface area contributed by atoms with Crippen molar-refractivity contribution in [2.24, 2.45) is 0 Å². The smallest absolute Gasteiger partial charge is 0.0924 e. The zero-order valence-corrected chi connectivity index (χ0v) is 14.8. The van der Waals surface area contributed by atoms with Crippen LogP contribution in [0.4, 0.5) is 5.69 Å². The molecule has 4 rings (SSSR count). The molecule has 2 aliphatic rings. The van der Waals surface area contributed by atoms with Gasteiger partial charge in [-0.2, -0.15) is 5.10 Å². The van der Waals surface area contributed by atoms with Crippen LogP contribution in [0.5, 0.6) is 0 Å². The highest BCUT2D eigenvalue weighted by molar-refractivity contribution is 6.03. The fourth-order valence-electron chi connectivity index (χ4n) is 3.37. The molecule has 2 aromatic rings. The molecule has 0 unspecified atom stereocenters. The van der Waals surface area contributed by atoms with Gasteiger partial charge in [-0.25, -0.2) is 0 Å². The normalized spacial score (nSPS) is 18.3. The van der Waals surface area contributed by atoms with Gasteiger partial charge in [-0.1, -0.05) is 19.1 Å². The Morgan fingerprint density at radius 2 is 2.04 bits per heavy atom. The van der Waals surface area contributed by atoms with Crippen LogP contribution in [0, 0.1) is 5.41 Å². The summed E-state index contributed by atoms with van der Waals surface area (Å²) in [6, 6.07) is 9.43. The van der Waals surface area contributed by atoms with Gasteiger partial charge in [0, 0.05) is 48.0 Å². The number of ether oxygens (including phenoxy) is 1. The van der Waals surface area contributed by atoms with Gasteiger partial charge in [0.05, 0.1) is 11.7 Å². The fourth-order valence-corrected chi connectivity index (χ4v) is 3.37. The average Bonchev–Trinajstić information content (AvgIpc) is 3.33. The van der Waals surface area contributed by atoms with E-state index in [0.717, 1.165) is 55.0 Å². The number of rotatable bonds is 6. The van der Waals surface area contributed by atoms with Crippen LogP contribution in [0.3, 0.4) is 0 Å². The van der Waals surface area contributed by atoms with Crippen molar-refractivity contribution in [3.05, 3.63) is 36.0 Å². The lowest BCUT2D eigenvalue weighted by Gasteiger charge is -2.22. The minimum atomic E-state index is 0.444. The van der Waals surface area contributed by atoms with E-state index in [2.05, 4.69) is 40.5 Å². The van der Waals surface area contributed by atoms with Crippen LogP contribution < -0.4 is 5.32 Å². The maximum Gasteiger partial charge on any atom is 0.0924 e. The first kappa shape index (κ1) is 16.3. The quantitative estimate of drug-likeness (QED) is 0.774. The van der Waals surface area contributed by atoms with Crippen LogP contribution in [-0.4, -0.2) is 34.7 Å². The van der Waals surface area contributed by atoms with E-state index in [4.69, 9.17) is 15.2 Å². The van der Waals surface area contributed by atoms with Crippen LogP contribution in [0.25, 0.3) is 11.3 Å². The molecule has 0 amide bonds. The number of hydrogen-bond donors (Lipinski definition) is 2. The van der Waals surface area contributed by atoms with Crippen molar-refractivity contribution in [1.29, 1.82) is 5.41 Å². The molecule has 1 saturated heterocycles. The van der Waals surface area contributed by atoms with Gasteiger partial charge in [0.25, 0.3) is 0 Å². The molecule has 0 bridgehead atoms. The lowest BCUT2D eigenvalue weighted by Crippen LogP contribution is -2.19. The van der Waals surface area contributed by atoms with E-state index in [1.165, 1.54) is 12.8 Å². The number of hydrogen-bond acceptors (Lipinski definition) is 4. The zero-order valence-electron chi connectivity index (χ0n) is 14.8. The lowest BCUT2D eigenvalue weighted by atomic mass is 10.0. The van der Waals surface area contributed by atoms with E-state index < -0.39 is 0 Å². The Hall–Kier alpha value is -2.14. The highest BCUT2D eigenvalue weighted by atomic mass is 16.5. The first-order chi connectivity index (χ1) is 12.2. The molecule has 5 heteroatoms. The van der Waals surface area contributed by atoms with Gasteiger partial charge in [0.2, 0.25) is 0 Å². The molecule has 2 heterocycles. The van der Waals surface area contributed by atoms with Crippen molar-refractivity contribution in [3.63, 3.8) is 0 Å². The molecule has 0 radical (unpaired) electrons. The first-order valence-corrected chi connectivity index (χ1v) is 9.36. The molecule has 2 N–H and O–H groups in total. The largest absolute Gasteiger partial charge is 0.382 e. The van der Waals surface area contributed by atoms with E-state index in [1.54, 1.807) is 0 Å². The zero-order chi connectivity index (χ0) is 17.2. The number of benzene rings is 1. The first-order valence-electron chi connectivity index (χ1n) is 9.36. The predicted molar refractivity (Wildman–Crippen MR) is 101 cm³/mol. The van der Waals surface area contributed by atoms with E-state index in [-0.39, 0.29) is 0 Å². The summed E-state index contributed by atoms with van der Waals surface area (Å²) in [4.78, 5) is 0. The highest BCUT2D eigenvalue weighted by Gasteiger charge is 2.23. The highest BCUT2D eigenvalue weighted by Crippen LogP contribution is 2.31. The topological polar surface area (TPSA) is 62.9 Å². The van der Waals surface area contributed by atoms with Gasteiger partial charge in [-0.15, -0.1) is 0 Å². The van der Waals surface area contributed by atoms with Crippen molar-refractivity contribution in [3.8, 4) is 11.3 Å². The standard InChI is InChI=1S/C20H26N4O/c1-2-18(21)17-6-3-14(13-20(17)22-15-4-5-15)19-7-10-24(23-19)16-8-11-25-12-9-16/h3,6-7,10,13,15-16,21-22H,2,4-5,8-9,11-12H2,1H3. The summed E-state index contributed by atoms with van der Waals surface area (Å²) < 4.78 is 7.54. The summed E-state index contributed by atoms with van der Waals surface area (Å²) in [6.45, 7) is 3.68. The molecule has 0 atom stereocenters. The maximum absolute atomic E-state index is 8.23. The molecule has 1 aromatic heterocycles. The number of anilines is 1. The molecule has 0 spiro atoms. The van der Waals surface area contributed by atoms with E-state index >= 15 is 0 Å². The van der Waals surface area contributed by atoms with E-state index in [9.17, 15) is 0 Å². The van der Waals surface area contributed by atoms with Gasteiger partial charge < -0.3 is 15.5 Å². The molecule has 5 nitrogen and oxygen atoms in total. The second-order valence-corrected chi connectivity index (χ2v) is 7.04. The Labute approximate surface area is 148 Å². The van der Waals surface area contributed by atoms with Crippen molar-refractivity contribution in [2.75, 3.05) is 18.5 Å². The Morgan fingerprint density at radius 3 is 2.76 bits per heavy atom. The van der Waals surface area contributed by atoms with Crippen LogP contribution in [0.1, 0.15) is 50.6 Å². The second-order valence-electron chi connectivity index (χ2n) is 7.04. The summed E-state index contributed by atoms with van der Waals surface area (Å²) in [5.74, 6) is 0. The van der Waals surface area contributed by atoms with Crippen LogP contribution >= 0.6 is 0 Å². The maximum atomic E-state index is 8.23. The molecule has 132 valence electrons. The van der Waals surface area contributed by atoms with Crippen LogP contribution in [-0.2, 0) is 4.74 Å². The Bertz CT molecular complexity index is 757. The average molecular weight is 338 g/mol. The Kier molecular flexibility index (Phi) is 4.57. The van der Waals surface area contributed by atoms with Crippen molar-refractivity contribution in [1.82, 2.24) is 9.78 Å². The van der Waals surface area contributed by atoms with Gasteiger partial charge in [0.1, 0.15) is 0 Å². The molecule has 1 saturated carbocycles. The summed E-state index contributed by atoms with van der Waals surface area (Å²) in [5, 5.41) is 16.6. The molecular weight excluding hydrogens is 312 g/mol. The van der Waals surface area contributed by atoms with Crippen molar-refractivity contribution >= 4 is 11.4 Å². The van der Waals surface area contributed by atoms with E-state index in [0.29, 0.717) is 17.8 Å². The number of nitrogens with zero attached hydrogens (tertiary/aromatic N) is 2. The van der Waals surface area contributed by atoms with Gasteiger partial charge >= 0.3 is 0 Å². The molecule has 1 aliphatic carbocycles. The van der Waals surface area contributed by atoms with Crippen molar-refractivity contribution in [2.45, 2.75) is 51.1 Å². The Morgan fingerprint density at radius 1 is 1.24 bits per heavy atom. The predicted octanol–water partition coefficient (Wildman–Crippen LogP) is 4.25. The van der Waals surface area contributed by atoms with Crippen LogP contribution in [0.2, 0.25) is 0 Å². The summed E-state index contributed by atoms with van der Waals surface area (Å²) in [5.41, 5.74) is 4.89. The van der Waals surface area contributed by atoms with Crippen molar-refractivity contribution < 1.29 is 4.74 Å². The molecule has 25 heavy (non-hydrogen) atoms. The lowest BCUT2D eigenvalue weighted by molar-refractivity contribution is 0.0663. The third-order valence-corrected chi connectivity index (χ3v) is 5.10. The molecule has 1 aliphatic heterocycles. The molecule has 2 fully saturated rings. The minimum Gasteiger partial charge on any atom is -0.382 e. The SMILES string of the molecule is CCC(=N)c1ccc(-c2ccn(C3CCOCC3)n2)cc1NC1CC1. The number of aromatic nitrogens is 2. The number of nitrogens with one attached hydrogen (secondary N) is 2. The third kappa shape index (κ3) is 3.61. The third-order valence-electron chi connectivity index (χ3n) is 5.10. The summed E-state index contributed by atoms with van der Waals surface area (Å²) >= 11 is 0. The second kappa shape index (κ2) is 7.00. The minimum absolute atomic E-state index is 0.444. The molecular formula is C20H26N4O. The fraction of sp³-hybridized carbons (Fsp3) is 0.500.